The molecule has 0 radical (unpaired) electrons. The minimum absolute atomic E-state index is 0.171. The average molecular weight is 380 g/mol. The third-order valence-corrected chi connectivity index (χ3v) is 4.97. The second kappa shape index (κ2) is 7.35. The zero-order chi connectivity index (χ0) is 19.7. The Hall–Kier alpha value is -3.33. The first-order chi connectivity index (χ1) is 13.5. The molecule has 1 saturated heterocycles. The van der Waals surface area contributed by atoms with E-state index >= 15 is 0 Å². The lowest BCUT2D eigenvalue weighted by molar-refractivity contribution is -0.136. The van der Waals surface area contributed by atoms with Gasteiger partial charge in [-0.3, -0.25) is 19.7 Å². The Labute approximate surface area is 161 Å². The summed E-state index contributed by atoms with van der Waals surface area (Å²) in [5.74, 6) is -0.481. The molecule has 9 nitrogen and oxygen atoms in total. The van der Waals surface area contributed by atoms with Gasteiger partial charge in [0.2, 0.25) is 11.8 Å². The van der Waals surface area contributed by atoms with Gasteiger partial charge in [0.1, 0.15) is 11.9 Å². The fourth-order valence-electron chi connectivity index (χ4n) is 3.51. The van der Waals surface area contributed by atoms with Gasteiger partial charge >= 0.3 is 0 Å². The van der Waals surface area contributed by atoms with Gasteiger partial charge in [0.05, 0.1) is 5.69 Å². The minimum atomic E-state index is -0.594. The Morgan fingerprint density at radius 2 is 2.00 bits per heavy atom. The molecule has 3 amide bonds. The van der Waals surface area contributed by atoms with Crippen molar-refractivity contribution in [2.45, 2.75) is 38.5 Å². The van der Waals surface area contributed by atoms with E-state index in [2.05, 4.69) is 20.8 Å². The molecular weight excluding hydrogens is 360 g/mol. The van der Waals surface area contributed by atoms with Crippen LogP contribution in [-0.4, -0.2) is 38.9 Å². The van der Waals surface area contributed by atoms with Gasteiger partial charge in [-0.25, -0.2) is 0 Å². The zero-order valence-corrected chi connectivity index (χ0v) is 15.1. The van der Waals surface area contributed by atoms with E-state index in [1.54, 1.807) is 17.0 Å². The van der Waals surface area contributed by atoms with Crippen LogP contribution in [0.2, 0.25) is 0 Å². The molecule has 28 heavy (non-hydrogen) atoms. The van der Waals surface area contributed by atoms with Gasteiger partial charge in [-0.2, -0.15) is 5.10 Å². The molecule has 4 N–H and O–H groups in total. The van der Waals surface area contributed by atoms with E-state index < -0.39 is 11.9 Å². The third-order valence-electron chi connectivity index (χ3n) is 4.97. The monoisotopic (exact) mass is 380 g/mol. The number of benzene rings is 1. The molecule has 1 atom stereocenters. The van der Waals surface area contributed by atoms with E-state index in [4.69, 9.17) is 5.73 Å². The Morgan fingerprint density at radius 3 is 2.75 bits per heavy atom. The lowest BCUT2D eigenvalue weighted by atomic mass is 10.0. The van der Waals surface area contributed by atoms with Gasteiger partial charge in [0.25, 0.3) is 5.91 Å². The number of nitrogens with one attached hydrogen (secondary N) is 2. The number of aromatic nitrogens is 2. The molecule has 2 aromatic rings. The molecule has 1 aromatic heterocycles. The highest BCUT2D eigenvalue weighted by atomic mass is 16.2. The summed E-state index contributed by atoms with van der Waals surface area (Å²) < 4.78 is 0. The fourth-order valence-corrected chi connectivity index (χ4v) is 3.51. The quantitative estimate of drug-likeness (QED) is 0.628. The van der Waals surface area contributed by atoms with E-state index in [0.29, 0.717) is 37.4 Å². The second-order valence-corrected chi connectivity index (χ2v) is 6.94. The molecule has 0 aliphatic carbocycles. The number of carbonyl (C=O) groups excluding carboxylic acids is 3. The maximum Gasteiger partial charge on any atom is 0.255 e. The highest BCUT2D eigenvalue weighted by Gasteiger charge is 2.38. The Bertz CT molecular complexity index is 943. The van der Waals surface area contributed by atoms with Crippen molar-refractivity contribution >= 4 is 23.5 Å². The van der Waals surface area contributed by atoms with E-state index in [1.165, 1.54) is 0 Å². The largest absolute Gasteiger partial charge is 0.382 e. The van der Waals surface area contributed by atoms with Crippen LogP contribution in [0.3, 0.4) is 0 Å². The number of nitrogens with zero attached hydrogens (tertiary/aromatic N) is 3. The zero-order valence-electron chi connectivity index (χ0n) is 15.1. The lowest BCUT2D eigenvalue weighted by Crippen LogP contribution is -2.52. The highest BCUT2D eigenvalue weighted by molar-refractivity contribution is 6.05. The molecule has 9 heteroatoms. The van der Waals surface area contributed by atoms with E-state index in [9.17, 15) is 14.4 Å². The maximum absolute atomic E-state index is 12.8. The maximum atomic E-state index is 12.8. The topological polar surface area (TPSA) is 130 Å². The van der Waals surface area contributed by atoms with Crippen molar-refractivity contribution in [2.24, 2.45) is 0 Å². The van der Waals surface area contributed by atoms with Crippen molar-refractivity contribution in [1.29, 1.82) is 0 Å². The summed E-state index contributed by atoms with van der Waals surface area (Å²) in [7, 11) is 0. The Balaban J connectivity index is 1.40. The van der Waals surface area contributed by atoms with Crippen molar-refractivity contribution in [2.75, 3.05) is 5.73 Å². The SMILES string of the molecule is Nc1ccc(CNCc2ccc3c(c2)C(=O)N(C2CCC(=O)NC2=O)C3)nn1. The summed E-state index contributed by atoms with van der Waals surface area (Å²) in [4.78, 5) is 37.8. The fraction of sp³-hybridized carbons (Fsp3) is 0.316. The molecule has 0 bridgehead atoms. The first-order valence-corrected chi connectivity index (χ1v) is 9.06. The van der Waals surface area contributed by atoms with E-state index in [-0.39, 0.29) is 18.2 Å². The van der Waals surface area contributed by atoms with Crippen molar-refractivity contribution in [1.82, 2.24) is 25.7 Å². The van der Waals surface area contributed by atoms with Gasteiger partial charge in [-0.15, -0.1) is 5.10 Å². The van der Waals surface area contributed by atoms with Crippen molar-refractivity contribution < 1.29 is 14.4 Å². The first kappa shape index (κ1) is 18.1. The molecule has 2 aliphatic rings. The number of fused-ring (bicyclic) bond motifs is 1. The second-order valence-electron chi connectivity index (χ2n) is 6.94. The smallest absolute Gasteiger partial charge is 0.255 e. The van der Waals surface area contributed by atoms with Crippen molar-refractivity contribution in [3.05, 3.63) is 52.7 Å². The molecule has 1 fully saturated rings. The summed E-state index contributed by atoms with van der Waals surface area (Å²) in [5, 5.41) is 13.4. The van der Waals surface area contributed by atoms with Crippen LogP contribution in [0, 0.1) is 0 Å². The van der Waals surface area contributed by atoms with Crippen LogP contribution < -0.4 is 16.4 Å². The van der Waals surface area contributed by atoms with E-state index in [1.807, 2.05) is 18.2 Å². The van der Waals surface area contributed by atoms with Crippen molar-refractivity contribution in [3.63, 3.8) is 0 Å². The van der Waals surface area contributed by atoms with Crippen molar-refractivity contribution in [3.8, 4) is 0 Å². The van der Waals surface area contributed by atoms with Gasteiger partial charge in [-0.05, 0) is 35.7 Å². The number of nitrogens with two attached hydrogens (primary N) is 1. The summed E-state index contributed by atoms with van der Waals surface area (Å²) >= 11 is 0. The number of imide groups is 1. The van der Waals surface area contributed by atoms with Crippen LogP contribution in [-0.2, 0) is 29.2 Å². The normalized spacial score (nSPS) is 18.9. The van der Waals surface area contributed by atoms with Crippen LogP contribution in [0.5, 0.6) is 0 Å². The van der Waals surface area contributed by atoms with Gasteiger partial charge in [0.15, 0.2) is 0 Å². The van der Waals surface area contributed by atoms with Gasteiger partial charge < -0.3 is 16.0 Å². The Morgan fingerprint density at radius 1 is 1.14 bits per heavy atom. The molecule has 2 aliphatic heterocycles. The summed E-state index contributed by atoms with van der Waals surface area (Å²) in [6.45, 7) is 1.47. The highest BCUT2D eigenvalue weighted by Crippen LogP contribution is 2.28. The summed E-state index contributed by atoms with van der Waals surface area (Å²) in [6.07, 6.45) is 0.612. The molecule has 1 unspecified atom stereocenters. The van der Waals surface area contributed by atoms with Crippen LogP contribution in [0.1, 0.15) is 40.0 Å². The van der Waals surface area contributed by atoms with E-state index in [0.717, 1.165) is 16.8 Å². The number of anilines is 1. The van der Waals surface area contributed by atoms with Crippen LogP contribution >= 0.6 is 0 Å². The van der Waals surface area contributed by atoms with Crippen LogP contribution in [0.4, 0.5) is 5.82 Å². The molecular formula is C19H20N6O3. The number of rotatable bonds is 5. The van der Waals surface area contributed by atoms with Crippen LogP contribution in [0.25, 0.3) is 0 Å². The Kier molecular flexibility index (Phi) is 4.74. The standard InChI is InChI=1S/C19H20N6O3/c20-16-5-3-13(23-24-16)9-21-8-11-1-2-12-10-25(19(28)14(12)7-11)15-4-6-17(26)22-18(15)27/h1-3,5,7,15,21H,4,6,8-10H2,(H2,20,24)(H,22,26,27). The lowest BCUT2D eigenvalue weighted by Gasteiger charge is -2.29. The minimum Gasteiger partial charge on any atom is -0.382 e. The molecule has 1 aromatic carbocycles. The average Bonchev–Trinajstić information content (AvgIpc) is 3.00. The number of carbonyl (C=O) groups is 3. The molecule has 0 saturated carbocycles. The molecule has 144 valence electrons. The molecule has 4 rings (SSSR count). The van der Waals surface area contributed by atoms with Gasteiger partial charge in [0, 0.05) is 31.6 Å². The van der Waals surface area contributed by atoms with Gasteiger partial charge in [-0.1, -0.05) is 12.1 Å². The number of nitrogen functional groups attached to an aromatic ring is 1. The van der Waals surface area contributed by atoms with Crippen LogP contribution in [0.15, 0.2) is 30.3 Å². The number of piperidine rings is 1. The predicted octanol–water partition coefficient (Wildman–Crippen LogP) is 0.110. The molecule has 0 spiro atoms. The number of hydrogen-bond acceptors (Lipinski definition) is 7. The molecule has 3 heterocycles. The number of hydrogen-bond donors (Lipinski definition) is 3. The predicted molar refractivity (Wildman–Crippen MR) is 99.5 cm³/mol. The summed E-state index contributed by atoms with van der Waals surface area (Å²) in [6, 6.07) is 8.64. The number of amides is 3. The summed E-state index contributed by atoms with van der Waals surface area (Å²) in [5.41, 5.74) is 8.75. The third kappa shape index (κ3) is 3.56. The first-order valence-electron chi connectivity index (χ1n) is 9.06.